The lowest BCUT2D eigenvalue weighted by Crippen LogP contribution is -2.53. The Kier molecular flexibility index (Phi) is 10.9. The number of nitrogens with zero attached hydrogens (tertiary/aromatic N) is 2. The topological polar surface area (TPSA) is 86.8 Å². The van der Waals surface area contributed by atoms with Gasteiger partial charge in [0.25, 0.3) is 10.0 Å². The summed E-state index contributed by atoms with van der Waals surface area (Å²) in [5, 5.41) is 2.98. The van der Waals surface area contributed by atoms with Gasteiger partial charge in [-0.05, 0) is 60.4 Å². The SMILES string of the molecule is Cc1ccc(N(CC(=O)N(Cc2ccccc2)C(Cc2ccccc2)C(=O)NCC(C)C)S(=O)(=O)c2ccc(F)cc2)cc1. The van der Waals surface area contributed by atoms with Crippen LogP contribution in [0.2, 0.25) is 0 Å². The predicted molar refractivity (Wildman–Crippen MR) is 171 cm³/mol. The van der Waals surface area contributed by atoms with Crippen LogP contribution in [0.25, 0.3) is 0 Å². The van der Waals surface area contributed by atoms with E-state index in [1.165, 1.54) is 17.0 Å². The first-order valence-corrected chi connectivity index (χ1v) is 16.0. The minimum atomic E-state index is -4.29. The fourth-order valence-electron chi connectivity index (χ4n) is 4.73. The van der Waals surface area contributed by atoms with E-state index in [9.17, 15) is 22.4 Å². The van der Waals surface area contributed by atoms with Crippen LogP contribution >= 0.6 is 0 Å². The normalized spacial score (nSPS) is 12.0. The Balaban J connectivity index is 1.78. The third-order valence-corrected chi connectivity index (χ3v) is 8.94. The molecule has 1 N–H and O–H groups in total. The molecule has 4 aromatic carbocycles. The van der Waals surface area contributed by atoms with Crippen molar-refractivity contribution < 1.29 is 22.4 Å². The number of nitrogens with one attached hydrogen (secondary N) is 1. The van der Waals surface area contributed by atoms with Crippen LogP contribution in [-0.2, 0) is 32.6 Å². The summed E-state index contributed by atoms with van der Waals surface area (Å²) in [6.45, 7) is 5.78. The molecule has 4 rings (SSSR count). The van der Waals surface area contributed by atoms with Crippen LogP contribution in [0.3, 0.4) is 0 Å². The van der Waals surface area contributed by atoms with Crippen molar-refractivity contribution in [1.82, 2.24) is 10.2 Å². The van der Waals surface area contributed by atoms with E-state index >= 15 is 0 Å². The summed E-state index contributed by atoms with van der Waals surface area (Å²) in [6, 6.07) is 29.0. The minimum absolute atomic E-state index is 0.0879. The van der Waals surface area contributed by atoms with Crippen LogP contribution < -0.4 is 9.62 Å². The minimum Gasteiger partial charge on any atom is -0.354 e. The van der Waals surface area contributed by atoms with Crippen LogP contribution in [0, 0.1) is 18.7 Å². The van der Waals surface area contributed by atoms with Crippen LogP contribution in [0.1, 0.15) is 30.5 Å². The summed E-state index contributed by atoms with van der Waals surface area (Å²) in [7, 11) is -4.29. The number of carbonyl (C=O) groups excluding carboxylic acids is 2. The van der Waals surface area contributed by atoms with Crippen molar-refractivity contribution in [2.75, 3.05) is 17.4 Å². The van der Waals surface area contributed by atoms with E-state index in [1.54, 1.807) is 24.3 Å². The van der Waals surface area contributed by atoms with E-state index < -0.39 is 34.3 Å². The number of amides is 2. The highest BCUT2D eigenvalue weighted by molar-refractivity contribution is 7.92. The van der Waals surface area contributed by atoms with Gasteiger partial charge in [-0.15, -0.1) is 0 Å². The maximum Gasteiger partial charge on any atom is 0.264 e. The van der Waals surface area contributed by atoms with Gasteiger partial charge in [0.15, 0.2) is 0 Å². The van der Waals surface area contributed by atoms with E-state index in [0.29, 0.717) is 6.54 Å². The first-order valence-electron chi connectivity index (χ1n) is 14.5. The summed E-state index contributed by atoms with van der Waals surface area (Å²) in [6.07, 6.45) is 0.235. The number of benzene rings is 4. The van der Waals surface area contributed by atoms with E-state index in [0.717, 1.165) is 33.1 Å². The molecule has 230 valence electrons. The highest BCUT2D eigenvalue weighted by atomic mass is 32.2. The van der Waals surface area contributed by atoms with Gasteiger partial charge in [-0.3, -0.25) is 13.9 Å². The van der Waals surface area contributed by atoms with Gasteiger partial charge in [-0.1, -0.05) is 92.2 Å². The van der Waals surface area contributed by atoms with Crippen molar-refractivity contribution in [3.8, 4) is 0 Å². The third-order valence-electron chi connectivity index (χ3n) is 7.15. The van der Waals surface area contributed by atoms with E-state index in [2.05, 4.69) is 5.32 Å². The number of hydrogen-bond acceptors (Lipinski definition) is 4. The molecular formula is C35H38FN3O4S. The molecule has 1 unspecified atom stereocenters. The van der Waals surface area contributed by atoms with Gasteiger partial charge < -0.3 is 10.2 Å². The Bertz CT molecular complexity index is 1630. The second-order valence-electron chi connectivity index (χ2n) is 11.2. The summed E-state index contributed by atoms with van der Waals surface area (Å²) >= 11 is 0. The second-order valence-corrected chi connectivity index (χ2v) is 13.0. The smallest absolute Gasteiger partial charge is 0.264 e. The Morgan fingerprint density at radius 1 is 0.795 bits per heavy atom. The standard InChI is InChI=1S/C35H38FN3O4S/c1-26(2)23-37-35(41)33(22-28-10-6-4-7-11-28)38(24-29-12-8-5-9-13-29)34(40)25-39(31-18-14-27(3)15-19-31)44(42,43)32-20-16-30(36)17-21-32/h4-21,26,33H,22-25H2,1-3H3,(H,37,41). The van der Waals surface area contributed by atoms with Gasteiger partial charge in [0, 0.05) is 19.5 Å². The van der Waals surface area contributed by atoms with Gasteiger partial charge >= 0.3 is 0 Å². The first-order chi connectivity index (χ1) is 21.0. The highest BCUT2D eigenvalue weighted by Gasteiger charge is 2.34. The number of rotatable bonds is 13. The molecule has 0 aromatic heterocycles. The third kappa shape index (κ3) is 8.54. The quantitative estimate of drug-likeness (QED) is 0.208. The van der Waals surface area contributed by atoms with Crippen molar-refractivity contribution in [2.45, 2.75) is 44.7 Å². The number of carbonyl (C=O) groups is 2. The van der Waals surface area contributed by atoms with Crippen molar-refractivity contribution in [3.63, 3.8) is 0 Å². The molecule has 0 fully saturated rings. The molecule has 0 aliphatic rings. The predicted octanol–water partition coefficient (Wildman–Crippen LogP) is 5.74. The molecule has 0 aliphatic carbocycles. The van der Waals surface area contributed by atoms with Gasteiger partial charge in [0.05, 0.1) is 10.6 Å². The van der Waals surface area contributed by atoms with Gasteiger partial charge in [0.1, 0.15) is 18.4 Å². The largest absolute Gasteiger partial charge is 0.354 e. The molecular weight excluding hydrogens is 577 g/mol. The molecule has 0 heterocycles. The van der Waals surface area contributed by atoms with Crippen LogP contribution in [0.4, 0.5) is 10.1 Å². The van der Waals surface area contributed by atoms with Gasteiger partial charge in [0.2, 0.25) is 11.8 Å². The van der Waals surface area contributed by atoms with E-state index in [1.807, 2.05) is 81.4 Å². The first kappa shape index (κ1) is 32.4. The maximum absolute atomic E-state index is 14.4. The Labute approximate surface area is 259 Å². The second kappa shape index (κ2) is 14.8. The Morgan fingerprint density at radius 3 is 1.93 bits per heavy atom. The highest BCUT2D eigenvalue weighted by Crippen LogP contribution is 2.26. The zero-order valence-corrected chi connectivity index (χ0v) is 26.0. The maximum atomic E-state index is 14.4. The number of hydrogen-bond donors (Lipinski definition) is 1. The lowest BCUT2D eigenvalue weighted by molar-refractivity contribution is -0.140. The Hall–Kier alpha value is -4.50. The summed E-state index contributed by atoms with van der Waals surface area (Å²) in [4.78, 5) is 29.4. The van der Waals surface area contributed by atoms with Gasteiger partial charge in [-0.25, -0.2) is 12.8 Å². The van der Waals surface area contributed by atoms with Crippen molar-refractivity contribution >= 4 is 27.5 Å². The number of aryl methyl sites for hydroxylation is 1. The molecule has 1 atom stereocenters. The van der Waals surface area contributed by atoms with Crippen LogP contribution in [-0.4, -0.2) is 44.3 Å². The molecule has 0 radical (unpaired) electrons. The van der Waals surface area contributed by atoms with Crippen LogP contribution in [0.5, 0.6) is 0 Å². The monoisotopic (exact) mass is 615 g/mol. The average molecular weight is 616 g/mol. The average Bonchev–Trinajstić information content (AvgIpc) is 3.02. The number of halogens is 1. The zero-order chi connectivity index (χ0) is 31.7. The molecule has 0 bridgehead atoms. The van der Waals surface area contributed by atoms with Crippen molar-refractivity contribution in [2.24, 2.45) is 5.92 Å². The summed E-state index contributed by atoms with van der Waals surface area (Å²) in [5.41, 5.74) is 2.84. The molecule has 0 aliphatic heterocycles. The molecule has 0 saturated heterocycles. The van der Waals surface area contributed by atoms with Crippen molar-refractivity contribution in [1.29, 1.82) is 0 Å². The summed E-state index contributed by atoms with van der Waals surface area (Å²) in [5.74, 6) is -1.27. The fraction of sp³-hybridized carbons (Fsp3) is 0.257. The lowest BCUT2D eigenvalue weighted by atomic mass is 10.0. The molecule has 4 aromatic rings. The van der Waals surface area contributed by atoms with Gasteiger partial charge in [-0.2, -0.15) is 0 Å². The molecule has 0 spiro atoms. The van der Waals surface area contributed by atoms with Crippen molar-refractivity contribution in [3.05, 3.63) is 132 Å². The summed E-state index contributed by atoms with van der Waals surface area (Å²) < 4.78 is 42.7. The molecule has 0 saturated carbocycles. The zero-order valence-electron chi connectivity index (χ0n) is 25.2. The number of sulfonamides is 1. The van der Waals surface area contributed by atoms with E-state index in [-0.39, 0.29) is 35.4 Å². The molecule has 7 nitrogen and oxygen atoms in total. The molecule has 2 amide bonds. The molecule has 9 heteroatoms. The number of anilines is 1. The fourth-order valence-corrected chi connectivity index (χ4v) is 6.14. The van der Waals surface area contributed by atoms with E-state index in [4.69, 9.17) is 0 Å². The lowest BCUT2D eigenvalue weighted by Gasteiger charge is -2.34. The van der Waals surface area contributed by atoms with Crippen LogP contribution in [0.15, 0.2) is 114 Å². The Morgan fingerprint density at radius 2 is 1.36 bits per heavy atom. The molecule has 44 heavy (non-hydrogen) atoms.